The number of nitrogens with zero attached hydrogens (tertiary/aromatic N) is 1. The van der Waals surface area contributed by atoms with E-state index in [4.69, 9.17) is 0 Å². The number of amides is 1. The van der Waals surface area contributed by atoms with Gasteiger partial charge < -0.3 is 0 Å². The van der Waals surface area contributed by atoms with Gasteiger partial charge in [0.25, 0.3) is 0 Å². The van der Waals surface area contributed by atoms with Crippen molar-refractivity contribution in [2.24, 2.45) is 0 Å². The Morgan fingerprint density at radius 2 is 1.78 bits per heavy atom. The number of rotatable bonds is 2. The Morgan fingerprint density at radius 3 is 2.56 bits per heavy atom. The molecule has 0 saturated carbocycles. The Kier molecular flexibility index (Phi) is 4.68. The minimum absolute atomic E-state index is 0.0771. The van der Waals surface area contributed by atoms with Crippen LogP contribution in [-0.4, -0.2) is 11.7 Å². The molecule has 6 heteroatoms. The molecule has 3 nitrogen and oxygen atoms in total. The lowest BCUT2D eigenvalue weighted by atomic mass is 9.77. The standard InChI is InChI=1S/C21H16BrF2NO2/c22-12-8-9-15(23)13(10-12)14-11-20(27)25(17-5-2-1-4-16(17)24)18-6-3-7-19(26)21(14)18/h1-2,4-5,8-10,14H,3,6-7,11H2. The van der Waals surface area contributed by atoms with Crippen molar-refractivity contribution < 1.29 is 18.4 Å². The van der Waals surface area contributed by atoms with Gasteiger partial charge in [-0.2, -0.15) is 0 Å². The Labute approximate surface area is 163 Å². The zero-order valence-electron chi connectivity index (χ0n) is 14.3. The molecule has 27 heavy (non-hydrogen) atoms. The molecular weight excluding hydrogens is 416 g/mol. The molecular formula is C21H16BrF2NO2. The van der Waals surface area contributed by atoms with E-state index >= 15 is 0 Å². The van der Waals surface area contributed by atoms with E-state index in [0.29, 0.717) is 40.6 Å². The molecule has 0 N–H and O–H groups in total. The molecule has 0 saturated heterocycles. The summed E-state index contributed by atoms with van der Waals surface area (Å²) in [5.74, 6) is -2.07. The van der Waals surface area contributed by atoms with Crippen LogP contribution in [0, 0.1) is 11.6 Å². The molecule has 1 heterocycles. The highest BCUT2D eigenvalue weighted by molar-refractivity contribution is 9.10. The topological polar surface area (TPSA) is 37.4 Å². The molecule has 0 aromatic heterocycles. The molecule has 2 aromatic carbocycles. The minimum atomic E-state index is -0.652. The SMILES string of the molecule is O=C1CCCC2=C1C(c1cc(Br)ccc1F)CC(=O)N2c1ccccc1F. The van der Waals surface area contributed by atoms with Gasteiger partial charge in [0, 0.05) is 34.5 Å². The Hall–Kier alpha value is -2.34. The highest BCUT2D eigenvalue weighted by atomic mass is 79.9. The van der Waals surface area contributed by atoms with Gasteiger partial charge >= 0.3 is 0 Å². The number of hydrogen-bond donors (Lipinski definition) is 0. The second-order valence-corrected chi connectivity index (χ2v) is 7.66. The van der Waals surface area contributed by atoms with E-state index in [1.807, 2.05) is 0 Å². The molecule has 0 radical (unpaired) electrons. The van der Waals surface area contributed by atoms with E-state index in [0.717, 1.165) is 0 Å². The molecule has 0 bridgehead atoms. The first-order valence-electron chi connectivity index (χ1n) is 8.76. The number of allylic oxidation sites excluding steroid dienone is 2. The number of para-hydroxylation sites is 1. The molecule has 1 amide bonds. The average Bonchev–Trinajstić information content (AvgIpc) is 2.64. The van der Waals surface area contributed by atoms with Crippen LogP contribution in [-0.2, 0) is 9.59 Å². The summed E-state index contributed by atoms with van der Waals surface area (Å²) in [5, 5.41) is 0. The van der Waals surface area contributed by atoms with Crippen LogP contribution in [0.15, 0.2) is 58.2 Å². The Balaban J connectivity index is 1.91. The number of benzene rings is 2. The quantitative estimate of drug-likeness (QED) is 0.650. The number of anilines is 1. The fourth-order valence-electron chi connectivity index (χ4n) is 3.95. The van der Waals surface area contributed by atoms with E-state index in [1.165, 1.54) is 23.1 Å². The normalized spacial score (nSPS) is 20.1. The van der Waals surface area contributed by atoms with Crippen LogP contribution in [0.5, 0.6) is 0 Å². The number of halogens is 3. The van der Waals surface area contributed by atoms with Gasteiger partial charge in [-0.25, -0.2) is 8.78 Å². The molecule has 2 aliphatic rings. The zero-order valence-corrected chi connectivity index (χ0v) is 15.9. The van der Waals surface area contributed by atoms with Gasteiger partial charge in [0.15, 0.2) is 5.78 Å². The average molecular weight is 432 g/mol. The number of hydrogen-bond acceptors (Lipinski definition) is 2. The Bertz CT molecular complexity index is 986. The summed E-state index contributed by atoms with van der Waals surface area (Å²) >= 11 is 3.33. The predicted molar refractivity (Wildman–Crippen MR) is 101 cm³/mol. The fourth-order valence-corrected chi connectivity index (χ4v) is 4.33. The van der Waals surface area contributed by atoms with Crippen molar-refractivity contribution in [3.63, 3.8) is 0 Å². The summed E-state index contributed by atoms with van der Waals surface area (Å²) in [6.07, 6.45) is 1.34. The van der Waals surface area contributed by atoms with Crippen molar-refractivity contribution in [2.75, 3.05) is 4.90 Å². The third-order valence-corrected chi connectivity index (χ3v) is 5.60. The van der Waals surface area contributed by atoms with Crippen molar-refractivity contribution in [1.82, 2.24) is 0 Å². The highest BCUT2D eigenvalue weighted by Gasteiger charge is 2.41. The van der Waals surface area contributed by atoms with Crippen molar-refractivity contribution in [2.45, 2.75) is 31.6 Å². The van der Waals surface area contributed by atoms with Gasteiger partial charge in [-0.1, -0.05) is 28.1 Å². The zero-order chi connectivity index (χ0) is 19.1. The van der Waals surface area contributed by atoms with E-state index < -0.39 is 17.6 Å². The van der Waals surface area contributed by atoms with Gasteiger partial charge in [-0.15, -0.1) is 0 Å². The van der Waals surface area contributed by atoms with Crippen LogP contribution < -0.4 is 4.90 Å². The van der Waals surface area contributed by atoms with Gasteiger partial charge in [0.1, 0.15) is 11.6 Å². The summed E-state index contributed by atoms with van der Waals surface area (Å²) in [7, 11) is 0. The van der Waals surface area contributed by atoms with Crippen LogP contribution in [0.4, 0.5) is 14.5 Å². The van der Waals surface area contributed by atoms with Crippen molar-refractivity contribution in [3.05, 3.63) is 75.4 Å². The van der Waals surface area contributed by atoms with Crippen molar-refractivity contribution >= 4 is 33.3 Å². The van der Waals surface area contributed by atoms with Crippen LogP contribution in [0.2, 0.25) is 0 Å². The minimum Gasteiger partial charge on any atom is -0.294 e. The number of ketones is 1. The lowest BCUT2D eigenvalue weighted by molar-refractivity contribution is -0.120. The summed E-state index contributed by atoms with van der Waals surface area (Å²) in [6, 6.07) is 10.5. The molecule has 1 atom stereocenters. The largest absolute Gasteiger partial charge is 0.294 e. The molecule has 0 fully saturated rings. The maximum absolute atomic E-state index is 14.5. The second-order valence-electron chi connectivity index (χ2n) is 6.74. The first-order valence-corrected chi connectivity index (χ1v) is 9.55. The number of carbonyl (C=O) groups excluding carboxylic acids is 2. The molecule has 2 aromatic rings. The van der Waals surface area contributed by atoms with Crippen LogP contribution in [0.3, 0.4) is 0 Å². The highest BCUT2D eigenvalue weighted by Crippen LogP contribution is 2.44. The van der Waals surface area contributed by atoms with Crippen molar-refractivity contribution in [3.8, 4) is 0 Å². The summed E-state index contributed by atoms with van der Waals surface area (Å²) in [6.45, 7) is 0. The maximum Gasteiger partial charge on any atom is 0.232 e. The maximum atomic E-state index is 14.5. The van der Waals surface area contributed by atoms with Crippen LogP contribution in [0.25, 0.3) is 0 Å². The Morgan fingerprint density at radius 1 is 1.00 bits per heavy atom. The lowest BCUT2D eigenvalue weighted by Gasteiger charge is -2.38. The molecule has 1 unspecified atom stereocenters. The fraction of sp³-hybridized carbons (Fsp3) is 0.238. The van der Waals surface area contributed by atoms with E-state index in [9.17, 15) is 18.4 Å². The van der Waals surface area contributed by atoms with Crippen LogP contribution in [0.1, 0.15) is 37.2 Å². The first kappa shape index (κ1) is 18.0. The molecule has 1 aliphatic heterocycles. The first-order chi connectivity index (χ1) is 13.0. The van der Waals surface area contributed by atoms with E-state index in [-0.39, 0.29) is 23.8 Å². The van der Waals surface area contributed by atoms with Gasteiger partial charge in [0.05, 0.1) is 5.69 Å². The summed E-state index contributed by atoms with van der Waals surface area (Å²) in [5.41, 5.74) is 1.38. The summed E-state index contributed by atoms with van der Waals surface area (Å²) < 4.78 is 29.6. The second kappa shape index (κ2) is 7.00. The van der Waals surface area contributed by atoms with E-state index in [1.54, 1.807) is 24.3 Å². The molecule has 0 spiro atoms. The molecule has 138 valence electrons. The monoisotopic (exact) mass is 431 g/mol. The number of Topliss-reactive ketones (excluding diaryl/α,β-unsaturated/α-hetero) is 1. The third-order valence-electron chi connectivity index (χ3n) is 5.10. The predicted octanol–water partition coefficient (Wildman–Crippen LogP) is 5.25. The number of carbonyl (C=O) groups is 2. The lowest BCUT2D eigenvalue weighted by Crippen LogP contribution is -2.41. The van der Waals surface area contributed by atoms with Crippen LogP contribution >= 0.6 is 15.9 Å². The third kappa shape index (κ3) is 3.12. The van der Waals surface area contributed by atoms with E-state index in [2.05, 4.69) is 15.9 Å². The smallest absolute Gasteiger partial charge is 0.232 e. The van der Waals surface area contributed by atoms with Gasteiger partial charge in [0.2, 0.25) is 5.91 Å². The summed E-state index contributed by atoms with van der Waals surface area (Å²) in [4.78, 5) is 27.0. The van der Waals surface area contributed by atoms with Gasteiger partial charge in [-0.05, 0) is 48.7 Å². The van der Waals surface area contributed by atoms with Crippen molar-refractivity contribution in [1.29, 1.82) is 0 Å². The molecule has 1 aliphatic carbocycles. The molecule has 4 rings (SSSR count). The van der Waals surface area contributed by atoms with Gasteiger partial charge in [-0.3, -0.25) is 14.5 Å².